The molecule has 3 N–H and O–H groups in total. The van der Waals surface area contributed by atoms with Gasteiger partial charge in [-0.2, -0.15) is 5.06 Å². The van der Waals surface area contributed by atoms with E-state index in [0.29, 0.717) is 29.5 Å². The lowest BCUT2D eigenvalue weighted by Gasteiger charge is -2.42. The van der Waals surface area contributed by atoms with E-state index in [1.807, 2.05) is 42.5 Å². The van der Waals surface area contributed by atoms with E-state index in [0.717, 1.165) is 60.7 Å². The van der Waals surface area contributed by atoms with E-state index in [4.69, 9.17) is 26.9 Å². The van der Waals surface area contributed by atoms with Crippen LogP contribution in [0.4, 0.5) is 0 Å². The van der Waals surface area contributed by atoms with E-state index >= 15 is 0 Å². The van der Waals surface area contributed by atoms with Crippen LogP contribution in [-0.4, -0.2) is 52.8 Å². The molecule has 194 valence electrons. The zero-order chi connectivity index (χ0) is 25.5. The van der Waals surface area contributed by atoms with Crippen LogP contribution in [0.3, 0.4) is 0 Å². The monoisotopic (exact) mass is 521 g/mol. The van der Waals surface area contributed by atoms with E-state index in [2.05, 4.69) is 11.0 Å². The minimum absolute atomic E-state index is 0.227. The molecule has 8 heteroatoms. The zero-order valence-electron chi connectivity index (χ0n) is 20.7. The first-order valence-corrected chi connectivity index (χ1v) is 13.4. The number of amides is 1. The van der Waals surface area contributed by atoms with Crippen molar-refractivity contribution in [1.82, 2.24) is 9.96 Å². The van der Waals surface area contributed by atoms with Crippen LogP contribution in [0.25, 0.3) is 10.8 Å². The molecule has 2 heterocycles. The molecular weight excluding hydrogens is 490 g/mol. The highest BCUT2D eigenvalue weighted by Crippen LogP contribution is 2.39. The van der Waals surface area contributed by atoms with Crippen molar-refractivity contribution in [3.05, 3.63) is 76.3 Å². The van der Waals surface area contributed by atoms with E-state index in [9.17, 15) is 9.90 Å². The molecule has 37 heavy (non-hydrogen) atoms. The van der Waals surface area contributed by atoms with Gasteiger partial charge in [0.25, 0.3) is 0 Å². The summed E-state index contributed by atoms with van der Waals surface area (Å²) in [5.41, 5.74) is 8.40. The predicted octanol–water partition coefficient (Wildman–Crippen LogP) is 4.51. The third-order valence-corrected chi connectivity index (χ3v) is 7.94. The quantitative estimate of drug-likeness (QED) is 0.453. The molecular formula is C29H32ClN3O4. The molecule has 1 saturated heterocycles. The number of primary amides is 1. The Morgan fingerprint density at radius 2 is 1.84 bits per heavy atom. The lowest BCUT2D eigenvalue weighted by Crippen LogP contribution is -2.52. The van der Waals surface area contributed by atoms with Crippen LogP contribution < -0.4 is 10.5 Å². The number of rotatable bonds is 8. The summed E-state index contributed by atoms with van der Waals surface area (Å²) < 4.78 is 5.88. The molecule has 2 aliphatic heterocycles. The summed E-state index contributed by atoms with van der Waals surface area (Å²) in [4.78, 5) is 21.5. The molecule has 0 spiro atoms. The first kappa shape index (κ1) is 24.6. The molecule has 3 aromatic rings. The van der Waals surface area contributed by atoms with Crippen LogP contribution in [0.15, 0.2) is 54.6 Å². The Bertz CT molecular complexity index is 1310. The second-order valence-corrected chi connectivity index (χ2v) is 10.8. The van der Waals surface area contributed by atoms with Crippen molar-refractivity contribution in [1.29, 1.82) is 0 Å². The minimum Gasteiger partial charge on any atom is -0.489 e. The molecule has 1 unspecified atom stereocenters. The number of hydrogen-bond acceptors (Lipinski definition) is 6. The Balaban J connectivity index is 1.36. The van der Waals surface area contributed by atoms with Crippen LogP contribution in [0.2, 0.25) is 5.02 Å². The van der Waals surface area contributed by atoms with Crippen molar-refractivity contribution in [2.24, 2.45) is 5.73 Å². The Morgan fingerprint density at radius 1 is 1.11 bits per heavy atom. The number of halogens is 1. The van der Waals surface area contributed by atoms with Gasteiger partial charge in [-0.05, 0) is 90.5 Å². The number of nitrogens with zero attached hydrogens (tertiary/aromatic N) is 2. The van der Waals surface area contributed by atoms with Crippen LogP contribution >= 0.6 is 11.6 Å². The molecule has 2 fully saturated rings. The number of benzene rings is 3. The van der Waals surface area contributed by atoms with Crippen LogP contribution in [0, 0.1) is 0 Å². The van der Waals surface area contributed by atoms with Crippen LogP contribution in [0.1, 0.15) is 54.5 Å². The molecule has 1 amide bonds. The zero-order valence-corrected chi connectivity index (χ0v) is 21.4. The Labute approximate surface area is 221 Å². The Morgan fingerprint density at radius 3 is 2.51 bits per heavy atom. The van der Waals surface area contributed by atoms with Crippen molar-refractivity contribution < 1.29 is 19.5 Å². The molecule has 0 bridgehead atoms. The van der Waals surface area contributed by atoms with Gasteiger partial charge in [-0.15, -0.1) is 0 Å². The summed E-state index contributed by atoms with van der Waals surface area (Å²) >= 11 is 6.54. The third kappa shape index (κ3) is 5.07. The van der Waals surface area contributed by atoms with Crippen molar-refractivity contribution in [3.63, 3.8) is 0 Å². The Hall–Kier alpha value is -2.68. The highest BCUT2D eigenvalue weighted by Gasteiger charge is 2.42. The number of aliphatic hydroxyl groups is 1. The largest absolute Gasteiger partial charge is 0.489 e. The average molecular weight is 522 g/mol. The fraction of sp³-hybridized carbons (Fsp3) is 0.414. The SMILES string of the molecule is NC(=O)C1c2cc3ccccc3cc2CON1[C@H](CN1CCCC1)[C@H](O)c1ccc(OC2CC2)c(Cl)c1. The van der Waals surface area contributed by atoms with Gasteiger partial charge in [-0.3, -0.25) is 9.63 Å². The molecule has 3 atom stereocenters. The lowest BCUT2D eigenvalue weighted by molar-refractivity contribution is -0.249. The van der Waals surface area contributed by atoms with Crippen molar-refractivity contribution in [2.75, 3.05) is 19.6 Å². The van der Waals surface area contributed by atoms with Crippen LogP contribution in [0.5, 0.6) is 5.75 Å². The van der Waals surface area contributed by atoms with Gasteiger partial charge < -0.3 is 20.5 Å². The predicted molar refractivity (Wildman–Crippen MR) is 142 cm³/mol. The van der Waals surface area contributed by atoms with E-state index in [1.165, 1.54) is 0 Å². The molecule has 1 aliphatic carbocycles. The maximum Gasteiger partial charge on any atom is 0.241 e. The van der Waals surface area contributed by atoms with Gasteiger partial charge in [0.2, 0.25) is 5.91 Å². The molecule has 6 rings (SSSR count). The van der Waals surface area contributed by atoms with Crippen molar-refractivity contribution >= 4 is 28.3 Å². The van der Waals surface area contributed by atoms with Gasteiger partial charge in [0.15, 0.2) is 0 Å². The standard InChI is InChI=1S/C29H32ClN3O4/c30-24-15-20(7-10-26(24)37-22-8-9-22)28(34)25(16-32-11-3-4-12-32)33-27(29(31)35)23-14-19-6-2-1-5-18(19)13-21(23)17-36-33/h1-2,5-7,10,13-15,22,25,27-28,34H,3-4,8-9,11-12,16-17H2,(H2,31,35)/t25-,27?,28-/m1/s1. The third-order valence-electron chi connectivity index (χ3n) is 7.65. The first-order valence-electron chi connectivity index (χ1n) is 13.1. The maximum atomic E-state index is 12.9. The van der Waals surface area contributed by atoms with E-state index < -0.39 is 24.1 Å². The number of aliphatic hydroxyl groups excluding tert-OH is 1. The minimum atomic E-state index is -0.961. The van der Waals surface area contributed by atoms with Gasteiger partial charge in [-0.1, -0.05) is 41.9 Å². The smallest absolute Gasteiger partial charge is 0.241 e. The van der Waals surface area contributed by atoms with Gasteiger partial charge in [-0.25, -0.2) is 0 Å². The summed E-state index contributed by atoms with van der Waals surface area (Å²) in [5, 5.41) is 15.9. The van der Waals surface area contributed by atoms with Gasteiger partial charge in [0.1, 0.15) is 11.8 Å². The molecule has 0 radical (unpaired) electrons. The second-order valence-electron chi connectivity index (χ2n) is 10.4. The van der Waals surface area contributed by atoms with Gasteiger partial charge >= 0.3 is 0 Å². The number of nitrogens with two attached hydrogens (primary N) is 1. The summed E-state index contributed by atoms with van der Waals surface area (Å²) in [6.45, 7) is 2.71. The number of ether oxygens (including phenoxy) is 1. The highest BCUT2D eigenvalue weighted by atomic mass is 35.5. The normalized spacial score (nSPS) is 22.1. The molecule has 7 nitrogen and oxygen atoms in total. The first-order chi connectivity index (χ1) is 18.0. The fourth-order valence-corrected chi connectivity index (χ4v) is 5.77. The van der Waals surface area contributed by atoms with Gasteiger partial charge in [0.05, 0.1) is 29.9 Å². The van der Waals surface area contributed by atoms with Crippen LogP contribution in [-0.2, 0) is 16.2 Å². The maximum absolute atomic E-state index is 12.9. The molecule has 0 aromatic heterocycles. The average Bonchev–Trinajstić information content (AvgIpc) is 3.57. The highest BCUT2D eigenvalue weighted by molar-refractivity contribution is 6.32. The fourth-order valence-electron chi connectivity index (χ4n) is 5.54. The van der Waals surface area contributed by atoms with Gasteiger partial charge in [0, 0.05) is 6.54 Å². The van der Waals surface area contributed by atoms with E-state index in [1.54, 1.807) is 11.1 Å². The number of carbonyl (C=O) groups is 1. The summed E-state index contributed by atoms with van der Waals surface area (Å²) in [7, 11) is 0. The Kier molecular flexibility index (Phi) is 6.82. The molecule has 3 aliphatic rings. The lowest BCUT2D eigenvalue weighted by atomic mass is 9.92. The van der Waals surface area contributed by atoms with E-state index in [-0.39, 0.29) is 6.10 Å². The summed E-state index contributed by atoms with van der Waals surface area (Å²) in [6.07, 6.45) is 3.56. The number of hydroxylamine groups is 2. The number of hydrogen-bond donors (Lipinski definition) is 2. The second kappa shape index (κ2) is 10.2. The summed E-state index contributed by atoms with van der Waals surface area (Å²) in [5.74, 6) is 0.113. The molecule has 3 aromatic carbocycles. The molecule has 1 saturated carbocycles. The number of likely N-dealkylation sites (tertiary alicyclic amines) is 1. The summed E-state index contributed by atoms with van der Waals surface area (Å²) in [6, 6.07) is 16.2. The topological polar surface area (TPSA) is 88.3 Å². The number of fused-ring (bicyclic) bond motifs is 2. The van der Waals surface area contributed by atoms with Crippen molar-refractivity contribution in [3.8, 4) is 5.75 Å². The number of carbonyl (C=O) groups excluding carboxylic acids is 1. The van der Waals surface area contributed by atoms with Crippen molar-refractivity contribution in [2.45, 2.75) is 56.6 Å².